The third-order valence-electron chi connectivity index (χ3n) is 5.95. The fourth-order valence-electron chi connectivity index (χ4n) is 4.10. The molecule has 6 heteroatoms. The van der Waals surface area contributed by atoms with Gasteiger partial charge in [0.1, 0.15) is 16.5 Å². The van der Waals surface area contributed by atoms with E-state index in [1.54, 1.807) is 11.3 Å². The second kappa shape index (κ2) is 9.13. The van der Waals surface area contributed by atoms with Gasteiger partial charge in [-0.15, -0.1) is 11.3 Å². The zero-order chi connectivity index (χ0) is 21.1. The summed E-state index contributed by atoms with van der Waals surface area (Å²) in [5.41, 5.74) is 2.57. The lowest BCUT2D eigenvalue weighted by molar-refractivity contribution is -0.148. The third kappa shape index (κ3) is 4.33. The Morgan fingerprint density at radius 3 is 2.57 bits per heavy atom. The molecule has 1 saturated heterocycles. The van der Waals surface area contributed by atoms with Crippen molar-refractivity contribution in [1.29, 1.82) is 0 Å². The number of rotatable bonds is 6. The smallest absolute Gasteiger partial charge is 0.309 e. The van der Waals surface area contributed by atoms with Gasteiger partial charge in [-0.25, -0.2) is 9.97 Å². The summed E-state index contributed by atoms with van der Waals surface area (Å²) in [5.74, 6) is 1.87. The lowest BCUT2D eigenvalue weighted by atomic mass is 9.96. The van der Waals surface area contributed by atoms with Crippen molar-refractivity contribution in [2.45, 2.75) is 46.5 Å². The maximum atomic E-state index is 12.1. The van der Waals surface area contributed by atoms with Crippen LogP contribution in [0.2, 0.25) is 0 Å². The molecule has 3 heterocycles. The Kier molecular flexibility index (Phi) is 6.32. The first-order valence-corrected chi connectivity index (χ1v) is 11.6. The summed E-state index contributed by atoms with van der Waals surface area (Å²) < 4.78 is 5.23. The number of esters is 1. The molecular formula is C24H29N3O2S. The van der Waals surface area contributed by atoms with E-state index in [4.69, 9.17) is 14.7 Å². The largest absolute Gasteiger partial charge is 0.466 e. The third-order valence-corrected chi connectivity index (χ3v) is 7.05. The van der Waals surface area contributed by atoms with Gasteiger partial charge in [0.25, 0.3) is 0 Å². The summed E-state index contributed by atoms with van der Waals surface area (Å²) in [6, 6.07) is 10.5. The first-order chi connectivity index (χ1) is 14.6. The van der Waals surface area contributed by atoms with Gasteiger partial charge in [0, 0.05) is 24.4 Å². The predicted octanol–water partition coefficient (Wildman–Crippen LogP) is 4.87. The van der Waals surface area contributed by atoms with E-state index < -0.39 is 0 Å². The molecule has 5 nitrogen and oxygen atoms in total. The SMILES string of the molecule is CCOC(=O)C1CCN(c2nc(CCc3ccccc3)nc3sc(C)c(C)c23)CC1. The number of ether oxygens (including phenoxy) is 1. The molecule has 0 saturated carbocycles. The van der Waals surface area contributed by atoms with Crippen LogP contribution in [0, 0.1) is 19.8 Å². The highest BCUT2D eigenvalue weighted by atomic mass is 32.1. The molecule has 0 N–H and O–H groups in total. The van der Waals surface area contributed by atoms with Crippen molar-refractivity contribution in [1.82, 2.24) is 9.97 Å². The van der Waals surface area contributed by atoms with E-state index in [2.05, 4.69) is 43.0 Å². The average Bonchev–Trinajstić information content (AvgIpc) is 3.06. The van der Waals surface area contributed by atoms with Crippen LogP contribution in [0.5, 0.6) is 0 Å². The normalized spacial score (nSPS) is 15.0. The molecule has 4 rings (SSSR count). The van der Waals surface area contributed by atoms with Gasteiger partial charge in [-0.3, -0.25) is 4.79 Å². The average molecular weight is 424 g/mol. The summed E-state index contributed by atoms with van der Waals surface area (Å²) in [7, 11) is 0. The summed E-state index contributed by atoms with van der Waals surface area (Å²) >= 11 is 1.75. The van der Waals surface area contributed by atoms with Gasteiger partial charge in [-0.05, 0) is 51.2 Å². The number of aromatic nitrogens is 2. The number of carbonyl (C=O) groups is 1. The summed E-state index contributed by atoms with van der Waals surface area (Å²) in [5, 5.41) is 1.18. The molecule has 0 spiro atoms. The molecule has 0 radical (unpaired) electrons. The number of piperidine rings is 1. The van der Waals surface area contributed by atoms with Crippen LogP contribution >= 0.6 is 11.3 Å². The van der Waals surface area contributed by atoms with E-state index in [1.807, 2.05) is 13.0 Å². The topological polar surface area (TPSA) is 55.3 Å². The molecule has 2 aromatic heterocycles. The van der Waals surface area contributed by atoms with Crippen molar-refractivity contribution in [3.8, 4) is 0 Å². The van der Waals surface area contributed by atoms with E-state index in [0.29, 0.717) is 6.61 Å². The van der Waals surface area contributed by atoms with Crippen LogP contribution in [0.4, 0.5) is 5.82 Å². The Morgan fingerprint density at radius 2 is 1.87 bits per heavy atom. The zero-order valence-electron chi connectivity index (χ0n) is 18.0. The first-order valence-electron chi connectivity index (χ1n) is 10.8. The Bertz CT molecular complexity index is 1020. The molecule has 0 amide bonds. The molecule has 3 aromatic rings. The number of thiophene rings is 1. The molecule has 0 aliphatic carbocycles. The van der Waals surface area contributed by atoms with E-state index in [0.717, 1.165) is 55.2 Å². The number of fused-ring (bicyclic) bond motifs is 1. The number of hydrogen-bond donors (Lipinski definition) is 0. The molecule has 1 aliphatic heterocycles. The number of benzene rings is 1. The van der Waals surface area contributed by atoms with Gasteiger partial charge >= 0.3 is 5.97 Å². The van der Waals surface area contributed by atoms with E-state index in [1.165, 1.54) is 21.4 Å². The molecule has 1 fully saturated rings. The maximum absolute atomic E-state index is 12.1. The van der Waals surface area contributed by atoms with Gasteiger partial charge in [0.2, 0.25) is 0 Å². The standard InChI is InChI=1S/C24H29N3O2S/c1-4-29-24(28)19-12-14-27(15-13-19)22-21-16(2)17(3)30-23(21)26-20(25-22)11-10-18-8-6-5-7-9-18/h5-9,19H,4,10-15H2,1-3H3. The van der Waals surface area contributed by atoms with Crippen molar-refractivity contribution < 1.29 is 9.53 Å². The predicted molar refractivity (Wildman–Crippen MR) is 122 cm³/mol. The van der Waals surface area contributed by atoms with Gasteiger partial charge in [0.15, 0.2) is 0 Å². The van der Waals surface area contributed by atoms with Crippen molar-refractivity contribution in [3.05, 3.63) is 52.2 Å². The highest BCUT2D eigenvalue weighted by Gasteiger charge is 2.28. The summed E-state index contributed by atoms with van der Waals surface area (Å²) in [6.07, 6.45) is 3.37. The molecule has 1 aliphatic rings. The van der Waals surface area contributed by atoms with Crippen LogP contribution in [0.1, 0.15) is 41.6 Å². The Morgan fingerprint density at radius 1 is 1.13 bits per heavy atom. The Hall–Kier alpha value is -2.47. The number of nitrogens with zero attached hydrogens (tertiary/aromatic N) is 3. The van der Waals surface area contributed by atoms with Crippen LogP contribution in [0.3, 0.4) is 0 Å². The fourth-order valence-corrected chi connectivity index (χ4v) is 5.14. The lowest BCUT2D eigenvalue weighted by Gasteiger charge is -2.32. The van der Waals surface area contributed by atoms with Crippen LogP contribution in [-0.2, 0) is 22.4 Å². The Labute approximate surface area is 182 Å². The lowest BCUT2D eigenvalue weighted by Crippen LogP contribution is -2.37. The first kappa shape index (κ1) is 20.8. The molecule has 0 bridgehead atoms. The van der Waals surface area contributed by atoms with Crippen LogP contribution < -0.4 is 4.90 Å². The van der Waals surface area contributed by atoms with Gasteiger partial charge in [-0.1, -0.05) is 30.3 Å². The summed E-state index contributed by atoms with van der Waals surface area (Å²) in [4.78, 5) is 26.8. The second-order valence-electron chi connectivity index (χ2n) is 7.93. The zero-order valence-corrected chi connectivity index (χ0v) is 18.8. The Balaban J connectivity index is 1.59. The number of carbonyl (C=O) groups excluding carboxylic acids is 1. The van der Waals surface area contributed by atoms with E-state index >= 15 is 0 Å². The maximum Gasteiger partial charge on any atom is 0.309 e. The second-order valence-corrected chi connectivity index (χ2v) is 9.13. The fraction of sp³-hybridized carbons (Fsp3) is 0.458. The highest BCUT2D eigenvalue weighted by molar-refractivity contribution is 7.18. The van der Waals surface area contributed by atoms with Crippen LogP contribution in [-0.4, -0.2) is 35.6 Å². The minimum atomic E-state index is -0.0592. The van der Waals surface area contributed by atoms with Crippen LogP contribution in [0.25, 0.3) is 10.2 Å². The molecule has 0 unspecified atom stereocenters. The van der Waals surface area contributed by atoms with E-state index in [-0.39, 0.29) is 11.9 Å². The van der Waals surface area contributed by atoms with Gasteiger partial charge in [0.05, 0.1) is 17.9 Å². The molecule has 0 atom stereocenters. The molecular weight excluding hydrogens is 394 g/mol. The minimum Gasteiger partial charge on any atom is -0.466 e. The highest BCUT2D eigenvalue weighted by Crippen LogP contribution is 2.36. The molecule has 1 aromatic carbocycles. The van der Waals surface area contributed by atoms with Crippen molar-refractivity contribution in [2.24, 2.45) is 5.92 Å². The van der Waals surface area contributed by atoms with Crippen LogP contribution in [0.15, 0.2) is 30.3 Å². The van der Waals surface area contributed by atoms with Gasteiger partial charge < -0.3 is 9.64 Å². The minimum absolute atomic E-state index is 0.00128. The number of hydrogen-bond acceptors (Lipinski definition) is 6. The van der Waals surface area contributed by atoms with Crippen molar-refractivity contribution >= 4 is 33.3 Å². The number of aryl methyl sites for hydroxylation is 4. The summed E-state index contributed by atoms with van der Waals surface area (Å²) in [6.45, 7) is 8.27. The van der Waals surface area contributed by atoms with Crippen molar-refractivity contribution in [2.75, 3.05) is 24.6 Å². The van der Waals surface area contributed by atoms with Gasteiger partial charge in [-0.2, -0.15) is 0 Å². The quantitative estimate of drug-likeness (QED) is 0.529. The molecule has 158 valence electrons. The van der Waals surface area contributed by atoms with E-state index in [9.17, 15) is 4.79 Å². The monoisotopic (exact) mass is 423 g/mol. The molecule has 30 heavy (non-hydrogen) atoms. The van der Waals surface area contributed by atoms with Crippen molar-refractivity contribution in [3.63, 3.8) is 0 Å². The number of anilines is 1.